The van der Waals surface area contributed by atoms with Crippen LogP contribution in [0.1, 0.15) is 6.92 Å². The van der Waals surface area contributed by atoms with Gasteiger partial charge >= 0.3 is 11.7 Å². The van der Waals surface area contributed by atoms with Crippen LogP contribution in [-0.4, -0.2) is 36.2 Å². The Balaban J connectivity index is 3.14. The van der Waals surface area contributed by atoms with Crippen molar-refractivity contribution < 1.29 is 19.6 Å². The van der Waals surface area contributed by atoms with Crippen LogP contribution in [0.2, 0.25) is 0 Å². The van der Waals surface area contributed by atoms with Gasteiger partial charge in [0, 0.05) is 18.3 Å². The molecule has 1 aromatic carbocycles. The minimum atomic E-state index is -0.999. The highest BCUT2D eigenvalue weighted by Crippen LogP contribution is 2.31. The fourth-order valence-corrected chi connectivity index (χ4v) is 1.77. The standard InChI is InChI=1S/C13H15N3O5/c1-9(13(17)18)8-15(6-5-14)10-3-4-12(21-2)11(7-10)16(19)20/h3-4,7,9H,6,8H2,1-2H3,(H,17,18). The predicted molar refractivity (Wildman–Crippen MR) is 74.3 cm³/mol. The van der Waals surface area contributed by atoms with Crippen LogP contribution in [0.5, 0.6) is 5.75 Å². The molecule has 0 saturated heterocycles. The van der Waals surface area contributed by atoms with E-state index in [1.807, 2.05) is 6.07 Å². The molecule has 1 N–H and O–H groups in total. The number of carboxylic acids is 1. The number of rotatable bonds is 7. The molecule has 0 aliphatic carbocycles. The second-order valence-electron chi connectivity index (χ2n) is 4.39. The van der Waals surface area contributed by atoms with Crippen molar-refractivity contribution in [2.75, 3.05) is 25.1 Å². The molecule has 0 saturated carbocycles. The number of ether oxygens (including phenoxy) is 1. The number of hydrogen-bond acceptors (Lipinski definition) is 6. The summed E-state index contributed by atoms with van der Waals surface area (Å²) in [4.78, 5) is 22.8. The van der Waals surface area contributed by atoms with E-state index in [1.165, 1.54) is 31.1 Å². The molecule has 1 unspecified atom stereocenters. The summed E-state index contributed by atoms with van der Waals surface area (Å²) < 4.78 is 4.90. The maximum Gasteiger partial charge on any atom is 0.312 e. The van der Waals surface area contributed by atoms with Gasteiger partial charge in [-0.25, -0.2) is 0 Å². The van der Waals surface area contributed by atoms with Gasteiger partial charge in [0.25, 0.3) is 0 Å². The molecule has 1 atom stereocenters. The lowest BCUT2D eigenvalue weighted by Gasteiger charge is -2.23. The maximum absolute atomic E-state index is 11.0. The van der Waals surface area contributed by atoms with Crippen LogP contribution in [0.25, 0.3) is 0 Å². The van der Waals surface area contributed by atoms with Crippen molar-refractivity contribution in [3.8, 4) is 11.8 Å². The summed E-state index contributed by atoms with van der Waals surface area (Å²) in [6.07, 6.45) is 0. The van der Waals surface area contributed by atoms with E-state index in [1.54, 1.807) is 6.07 Å². The molecule has 0 fully saturated rings. The van der Waals surface area contributed by atoms with E-state index >= 15 is 0 Å². The lowest BCUT2D eigenvalue weighted by atomic mass is 10.1. The fourth-order valence-electron chi connectivity index (χ4n) is 1.77. The molecule has 1 aromatic rings. The number of anilines is 1. The number of hydrogen-bond donors (Lipinski definition) is 1. The summed E-state index contributed by atoms with van der Waals surface area (Å²) in [5.74, 6) is -1.60. The monoisotopic (exact) mass is 293 g/mol. The Morgan fingerprint density at radius 2 is 2.29 bits per heavy atom. The van der Waals surface area contributed by atoms with Crippen LogP contribution >= 0.6 is 0 Å². The van der Waals surface area contributed by atoms with Crippen molar-refractivity contribution in [1.82, 2.24) is 0 Å². The number of nitriles is 1. The predicted octanol–water partition coefficient (Wildman–Crippen LogP) is 1.65. The topological polar surface area (TPSA) is 117 Å². The molecule has 0 aliphatic heterocycles. The van der Waals surface area contributed by atoms with Crippen LogP contribution in [0.3, 0.4) is 0 Å². The minimum Gasteiger partial charge on any atom is -0.490 e. The van der Waals surface area contributed by atoms with Crippen molar-refractivity contribution in [3.05, 3.63) is 28.3 Å². The summed E-state index contributed by atoms with van der Waals surface area (Å²) in [5.41, 5.74) is 0.165. The van der Waals surface area contributed by atoms with E-state index < -0.39 is 16.8 Å². The zero-order chi connectivity index (χ0) is 16.0. The van der Waals surface area contributed by atoms with Gasteiger partial charge in [0.1, 0.15) is 6.54 Å². The zero-order valence-corrected chi connectivity index (χ0v) is 11.6. The molecule has 8 nitrogen and oxygen atoms in total. The molecule has 0 radical (unpaired) electrons. The highest BCUT2D eigenvalue weighted by molar-refractivity contribution is 5.71. The van der Waals surface area contributed by atoms with Crippen LogP contribution in [0, 0.1) is 27.4 Å². The van der Waals surface area contributed by atoms with Gasteiger partial charge in [-0.2, -0.15) is 5.26 Å². The van der Waals surface area contributed by atoms with E-state index in [4.69, 9.17) is 15.1 Å². The first-order chi connectivity index (χ1) is 9.90. The van der Waals surface area contributed by atoms with Gasteiger partial charge < -0.3 is 14.7 Å². The Hall–Kier alpha value is -2.82. The molecular weight excluding hydrogens is 278 g/mol. The number of nitro benzene ring substituents is 1. The number of carbonyl (C=O) groups is 1. The SMILES string of the molecule is COc1ccc(N(CC#N)CC(C)C(=O)O)cc1[N+](=O)[O-]. The molecule has 0 aliphatic rings. The van der Waals surface area contributed by atoms with Crippen molar-refractivity contribution >= 4 is 17.3 Å². The fraction of sp³-hybridized carbons (Fsp3) is 0.385. The number of nitrogens with zero attached hydrogens (tertiary/aromatic N) is 3. The van der Waals surface area contributed by atoms with E-state index in [2.05, 4.69) is 0 Å². The molecule has 1 rings (SSSR count). The maximum atomic E-state index is 11.0. The van der Waals surface area contributed by atoms with Crippen LogP contribution in [-0.2, 0) is 4.79 Å². The summed E-state index contributed by atoms with van der Waals surface area (Å²) in [6.45, 7) is 1.51. The quantitative estimate of drug-likeness (QED) is 0.461. The molecule has 0 aromatic heterocycles. The molecule has 0 bridgehead atoms. The largest absolute Gasteiger partial charge is 0.490 e. The van der Waals surface area contributed by atoms with E-state index in [0.717, 1.165) is 0 Å². The Bertz CT molecular complexity index is 582. The van der Waals surface area contributed by atoms with Crippen LogP contribution in [0.4, 0.5) is 11.4 Å². The molecule has 21 heavy (non-hydrogen) atoms. The van der Waals surface area contributed by atoms with Crippen molar-refractivity contribution in [1.29, 1.82) is 5.26 Å². The van der Waals surface area contributed by atoms with Gasteiger partial charge in [0.05, 0.1) is 24.0 Å². The van der Waals surface area contributed by atoms with Gasteiger partial charge in [-0.05, 0) is 12.1 Å². The van der Waals surface area contributed by atoms with Crippen molar-refractivity contribution in [2.45, 2.75) is 6.92 Å². The number of benzene rings is 1. The average Bonchev–Trinajstić information content (AvgIpc) is 2.45. The van der Waals surface area contributed by atoms with E-state index in [9.17, 15) is 14.9 Å². The Morgan fingerprint density at radius 1 is 1.62 bits per heavy atom. The molecular formula is C13H15N3O5. The second kappa shape index (κ2) is 7.09. The first-order valence-corrected chi connectivity index (χ1v) is 6.07. The van der Waals surface area contributed by atoms with Gasteiger partial charge in [-0.3, -0.25) is 14.9 Å². The summed E-state index contributed by atoms with van der Waals surface area (Å²) in [7, 11) is 1.32. The second-order valence-corrected chi connectivity index (χ2v) is 4.39. The lowest BCUT2D eigenvalue weighted by Crippen LogP contribution is -2.32. The highest BCUT2D eigenvalue weighted by atomic mass is 16.6. The Kier molecular flexibility index (Phi) is 5.48. The van der Waals surface area contributed by atoms with Crippen LogP contribution in [0.15, 0.2) is 18.2 Å². The Labute approximate surface area is 121 Å². The van der Waals surface area contributed by atoms with Gasteiger partial charge in [0.2, 0.25) is 0 Å². The van der Waals surface area contributed by atoms with E-state index in [0.29, 0.717) is 5.69 Å². The average molecular weight is 293 g/mol. The van der Waals surface area contributed by atoms with Crippen LogP contribution < -0.4 is 9.64 Å². The third-order valence-electron chi connectivity index (χ3n) is 2.90. The third kappa shape index (κ3) is 4.07. The number of nitro groups is 1. The van der Waals surface area contributed by atoms with Crippen molar-refractivity contribution in [3.63, 3.8) is 0 Å². The molecule has 112 valence electrons. The summed E-state index contributed by atoms with van der Waals surface area (Å²) in [6, 6.07) is 6.16. The molecule has 0 amide bonds. The first kappa shape index (κ1) is 16.2. The summed E-state index contributed by atoms with van der Waals surface area (Å²) >= 11 is 0. The van der Waals surface area contributed by atoms with Gasteiger partial charge in [-0.1, -0.05) is 6.92 Å². The number of carboxylic acid groups (broad SMARTS) is 1. The van der Waals surface area contributed by atoms with Gasteiger partial charge in [-0.15, -0.1) is 0 Å². The highest BCUT2D eigenvalue weighted by Gasteiger charge is 2.21. The summed E-state index contributed by atoms with van der Waals surface area (Å²) in [5, 5.41) is 28.8. The zero-order valence-electron chi connectivity index (χ0n) is 11.6. The minimum absolute atomic E-state index is 0.0684. The third-order valence-corrected chi connectivity index (χ3v) is 2.90. The Morgan fingerprint density at radius 3 is 2.76 bits per heavy atom. The molecule has 0 spiro atoms. The smallest absolute Gasteiger partial charge is 0.312 e. The van der Waals surface area contributed by atoms with Crippen molar-refractivity contribution in [2.24, 2.45) is 5.92 Å². The number of methoxy groups -OCH3 is 1. The molecule has 0 heterocycles. The first-order valence-electron chi connectivity index (χ1n) is 6.07. The van der Waals surface area contributed by atoms with Gasteiger partial charge in [0.15, 0.2) is 5.75 Å². The molecule has 8 heteroatoms. The normalized spacial score (nSPS) is 11.3. The van der Waals surface area contributed by atoms with E-state index in [-0.39, 0.29) is 24.5 Å². The number of aliphatic carboxylic acids is 1. The lowest BCUT2D eigenvalue weighted by molar-refractivity contribution is -0.385.